The summed E-state index contributed by atoms with van der Waals surface area (Å²) >= 11 is 12.6. The zero-order valence-corrected chi connectivity index (χ0v) is 24.0. The average molecular weight is 560 g/mol. The van der Waals surface area contributed by atoms with Gasteiger partial charge in [-0.05, 0) is 69.7 Å². The number of piperidine rings is 1. The van der Waals surface area contributed by atoms with Crippen LogP contribution in [0.2, 0.25) is 10.0 Å². The monoisotopic (exact) mass is 558 g/mol. The Morgan fingerprint density at radius 2 is 2.00 bits per heavy atom. The lowest BCUT2D eigenvalue weighted by Gasteiger charge is -2.44. The van der Waals surface area contributed by atoms with Gasteiger partial charge in [0.2, 0.25) is 0 Å². The van der Waals surface area contributed by atoms with Crippen LogP contribution in [0.15, 0.2) is 24.4 Å². The van der Waals surface area contributed by atoms with Crippen LogP contribution in [0, 0.1) is 18.8 Å². The second-order valence-electron chi connectivity index (χ2n) is 11.1. The predicted octanol–water partition coefficient (Wildman–Crippen LogP) is 5.84. The number of carboxylic acids is 1. The first-order valence-electron chi connectivity index (χ1n) is 13.5. The molecule has 38 heavy (non-hydrogen) atoms. The molecule has 0 radical (unpaired) electrons. The molecule has 0 amide bonds. The van der Waals surface area contributed by atoms with Gasteiger partial charge in [-0.3, -0.25) is 9.69 Å². The third kappa shape index (κ3) is 5.23. The molecule has 1 N–H and O–H groups in total. The van der Waals surface area contributed by atoms with Crippen molar-refractivity contribution >= 4 is 46.2 Å². The average Bonchev–Trinajstić information content (AvgIpc) is 3.47. The third-order valence-corrected chi connectivity index (χ3v) is 8.98. The molecule has 0 bridgehead atoms. The van der Waals surface area contributed by atoms with E-state index in [-0.39, 0.29) is 12.0 Å². The van der Waals surface area contributed by atoms with Crippen molar-refractivity contribution in [1.29, 1.82) is 0 Å². The fourth-order valence-corrected chi connectivity index (χ4v) is 6.89. The van der Waals surface area contributed by atoms with E-state index < -0.39 is 5.97 Å². The van der Waals surface area contributed by atoms with Crippen LogP contribution in [-0.2, 0) is 4.79 Å². The Balaban J connectivity index is 1.35. The molecule has 5 rings (SSSR count). The number of rotatable bonds is 7. The first kappa shape index (κ1) is 27.2. The number of carbonyl (C=O) groups is 1. The Labute approximate surface area is 233 Å². The molecule has 0 aliphatic carbocycles. The number of fused-ring (bicyclic) bond motifs is 1. The molecule has 2 aromatic heterocycles. The second-order valence-corrected chi connectivity index (χ2v) is 11.9. The highest BCUT2D eigenvalue weighted by Crippen LogP contribution is 2.34. The summed E-state index contributed by atoms with van der Waals surface area (Å²) in [6.07, 6.45) is 5.84. The van der Waals surface area contributed by atoms with Gasteiger partial charge in [-0.15, -0.1) is 0 Å². The summed E-state index contributed by atoms with van der Waals surface area (Å²) in [5.41, 5.74) is 3.30. The Kier molecular flexibility index (Phi) is 7.85. The van der Waals surface area contributed by atoms with Crippen molar-refractivity contribution in [3.8, 4) is 0 Å². The van der Waals surface area contributed by atoms with Crippen LogP contribution >= 0.6 is 23.2 Å². The molecule has 0 spiro atoms. The molecule has 1 aromatic carbocycles. The maximum absolute atomic E-state index is 11.4. The van der Waals surface area contributed by atoms with Gasteiger partial charge in [0.15, 0.2) is 5.65 Å². The zero-order chi connectivity index (χ0) is 27.1. The van der Waals surface area contributed by atoms with Gasteiger partial charge in [0.1, 0.15) is 11.3 Å². The van der Waals surface area contributed by atoms with E-state index in [0.717, 1.165) is 73.6 Å². The van der Waals surface area contributed by atoms with Gasteiger partial charge in [0, 0.05) is 35.2 Å². The largest absolute Gasteiger partial charge is 0.481 e. The number of aliphatic carboxylic acids is 1. The predicted molar refractivity (Wildman–Crippen MR) is 151 cm³/mol. The smallest absolute Gasteiger partial charge is 0.306 e. The molecule has 2 saturated heterocycles. The van der Waals surface area contributed by atoms with Gasteiger partial charge in [0.05, 0.1) is 23.9 Å². The van der Waals surface area contributed by atoms with Gasteiger partial charge >= 0.3 is 5.97 Å². The van der Waals surface area contributed by atoms with Crippen LogP contribution in [0.3, 0.4) is 0 Å². The molecule has 5 atom stereocenters. The van der Waals surface area contributed by atoms with E-state index in [9.17, 15) is 9.90 Å². The molecule has 3 aromatic rings. The summed E-state index contributed by atoms with van der Waals surface area (Å²) in [5, 5.41) is 15.4. The first-order valence-corrected chi connectivity index (χ1v) is 14.3. The summed E-state index contributed by atoms with van der Waals surface area (Å²) in [5.74, 6) is 0.281. The van der Waals surface area contributed by atoms with Gasteiger partial charge < -0.3 is 10.0 Å². The van der Waals surface area contributed by atoms with Crippen LogP contribution < -0.4 is 4.90 Å². The van der Waals surface area contributed by atoms with Gasteiger partial charge in [-0.1, -0.05) is 43.1 Å². The Morgan fingerprint density at radius 3 is 2.71 bits per heavy atom. The summed E-state index contributed by atoms with van der Waals surface area (Å²) in [6, 6.07) is 6.21. The minimum atomic E-state index is -0.698. The molecule has 10 heteroatoms. The fraction of sp³-hybridized carbons (Fsp3) is 0.571. The van der Waals surface area contributed by atoms with Crippen LogP contribution in [-0.4, -0.2) is 67.4 Å². The molecule has 2 aliphatic heterocycles. The Bertz CT molecular complexity index is 1330. The van der Waals surface area contributed by atoms with Gasteiger partial charge in [0.25, 0.3) is 0 Å². The Morgan fingerprint density at radius 1 is 1.21 bits per heavy atom. The van der Waals surface area contributed by atoms with Gasteiger partial charge in [-0.2, -0.15) is 5.10 Å². The fourth-order valence-electron chi connectivity index (χ4n) is 6.33. The maximum atomic E-state index is 11.4. The lowest BCUT2D eigenvalue weighted by Crippen LogP contribution is -2.52. The van der Waals surface area contributed by atoms with Crippen LogP contribution in [0.25, 0.3) is 11.2 Å². The van der Waals surface area contributed by atoms with E-state index >= 15 is 0 Å². The van der Waals surface area contributed by atoms with Crippen LogP contribution in [0.5, 0.6) is 0 Å². The summed E-state index contributed by atoms with van der Waals surface area (Å²) in [6.45, 7) is 11.0. The van der Waals surface area contributed by atoms with E-state index in [4.69, 9.17) is 38.3 Å². The van der Waals surface area contributed by atoms with Crippen molar-refractivity contribution < 1.29 is 9.90 Å². The maximum Gasteiger partial charge on any atom is 0.306 e. The minimum absolute atomic E-state index is 0.134. The number of anilines is 1. The highest BCUT2D eigenvalue weighted by molar-refractivity contribution is 6.35. The topological polar surface area (TPSA) is 87.4 Å². The quantitative estimate of drug-likeness (QED) is 0.389. The summed E-state index contributed by atoms with van der Waals surface area (Å²) in [4.78, 5) is 26.2. The number of nitrogens with zero attached hydrogens (tertiary/aromatic N) is 6. The molecule has 2 fully saturated rings. The Hall–Kier alpha value is -2.42. The molecule has 204 valence electrons. The molecule has 8 nitrogen and oxygen atoms in total. The first-order chi connectivity index (χ1) is 18.1. The van der Waals surface area contributed by atoms with Crippen molar-refractivity contribution in [3.05, 3.63) is 45.7 Å². The minimum Gasteiger partial charge on any atom is -0.481 e. The third-order valence-electron chi connectivity index (χ3n) is 8.42. The molecular weight excluding hydrogens is 523 g/mol. The van der Waals surface area contributed by atoms with E-state index in [2.05, 4.69) is 23.6 Å². The highest BCUT2D eigenvalue weighted by Gasteiger charge is 2.38. The van der Waals surface area contributed by atoms with E-state index in [1.807, 2.05) is 36.9 Å². The van der Waals surface area contributed by atoms with Crippen molar-refractivity contribution in [2.75, 3.05) is 24.5 Å². The molecule has 0 saturated carbocycles. The standard InChI is InChI=1S/C28H36Cl2N6O2/c1-16(28(37)38)12-21-6-5-10-35(21)24-9-11-34(15-17(24)2)25-14-31-26-18(3)33-36(27(26)32-25)19(4)22-8-7-20(29)13-23(22)30/h7-8,13-14,16-17,19,21,24H,5-6,9-12,15H2,1-4H3,(H,37,38). The molecule has 2 aliphatic rings. The lowest BCUT2D eigenvalue weighted by atomic mass is 9.90. The number of aromatic nitrogens is 4. The highest BCUT2D eigenvalue weighted by atomic mass is 35.5. The molecule has 4 heterocycles. The number of hydrogen-bond donors (Lipinski definition) is 1. The zero-order valence-electron chi connectivity index (χ0n) is 22.4. The number of aryl methyl sites for hydroxylation is 1. The van der Waals surface area contributed by atoms with Crippen molar-refractivity contribution in [2.24, 2.45) is 11.8 Å². The summed E-state index contributed by atoms with van der Waals surface area (Å²) < 4.78 is 1.91. The number of hydrogen-bond acceptors (Lipinski definition) is 6. The number of likely N-dealkylation sites (tertiary alicyclic amines) is 1. The SMILES string of the molecule is Cc1nn(C(C)c2ccc(Cl)cc2Cl)c2nc(N3CCC(N4CCCC4CC(C)C(=O)O)C(C)C3)cnc12. The second kappa shape index (κ2) is 11.0. The van der Waals surface area contributed by atoms with E-state index in [1.165, 1.54) is 0 Å². The lowest BCUT2D eigenvalue weighted by molar-refractivity contribution is -0.141. The van der Waals surface area contributed by atoms with Crippen LogP contribution in [0.4, 0.5) is 5.82 Å². The van der Waals surface area contributed by atoms with Crippen molar-refractivity contribution in [1.82, 2.24) is 24.6 Å². The van der Waals surface area contributed by atoms with E-state index in [1.54, 1.807) is 6.07 Å². The number of halogens is 2. The van der Waals surface area contributed by atoms with Crippen molar-refractivity contribution in [2.45, 2.75) is 71.5 Å². The van der Waals surface area contributed by atoms with Crippen LogP contribution in [0.1, 0.15) is 63.8 Å². The molecule has 5 unspecified atom stereocenters. The molecular formula is C28H36Cl2N6O2. The number of benzene rings is 1. The van der Waals surface area contributed by atoms with E-state index in [0.29, 0.717) is 28.0 Å². The normalized spacial score (nSPS) is 24.2. The van der Waals surface area contributed by atoms with Crippen molar-refractivity contribution in [3.63, 3.8) is 0 Å². The summed E-state index contributed by atoms with van der Waals surface area (Å²) in [7, 11) is 0. The number of carboxylic acid groups (broad SMARTS) is 1. The van der Waals surface area contributed by atoms with Gasteiger partial charge in [-0.25, -0.2) is 14.6 Å².